The topological polar surface area (TPSA) is 75.4 Å². The standard InChI is InChI=1S/C8H9NO3/c1-12-7-4-5(8(10)11)2-3-6(7)9/h2-4H,9H2,1H3,(H,10,11)/p-1. The molecular formula is C8H8NO3-. The SMILES string of the molecule is COc1cc(C(=O)[O-])ccc1N. The molecule has 1 aromatic carbocycles. The summed E-state index contributed by atoms with van der Waals surface area (Å²) in [5, 5.41) is 10.4. The Bertz CT molecular complexity index is 309. The maximum Gasteiger partial charge on any atom is 0.142 e. The normalized spacial score (nSPS) is 9.42. The summed E-state index contributed by atoms with van der Waals surface area (Å²) in [7, 11) is 1.42. The first-order chi connectivity index (χ1) is 5.65. The number of ether oxygens (including phenoxy) is 1. The minimum atomic E-state index is -1.24. The first-order valence-electron chi connectivity index (χ1n) is 3.30. The average Bonchev–Trinajstić information content (AvgIpc) is 2.05. The van der Waals surface area contributed by atoms with E-state index in [9.17, 15) is 9.90 Å². The summed E-state index contributed by atoms with van der Waals surface area (Å²) in [6.07, 6.45) is 0. The number of carbonyl (C=O) groups excluding carboxylic acids is 1. The minimum absolute atomic E-state index is 0.0565. The van der Waals surface area contributed by atoms with Crippen molar-refractivity contribution >= 4 is 11.7 Å². The van der Waals surface area contributed by atoms with Crippen LogP contribution in [0.5, 0.6) is 5.75 Å². The van der Waals surface area contributed by atoms with Crippen LogP contribution in [0.25, 0.3) is 0 Å². The number of carbonyl (C=O) groups is 1. The summed E-state index contributed by atoms with van der Waals surface area (Å²) in [5.74, 6) is -0.898. The van der Waals surface area contributed by atoms with Gasteiger partial charge in [-0.1, -0.05) is 6.07 Å². The molecule has 1 rings (SSSR count). The smallest absolute Gasteiger partial charge is 0.142 e. The second-order valence-corrected chi connectivity index (χ2v) is 2.24. The number of benzene rings is 1. The maximum atomic E-state index is 10.4. The molecule has 0 saturated heterocycles. The van der Waals surface area contributed by atoms with Crippen molar-refractivity contribution in [3.8, 4) is 5.75 Å². The Morgan fingerprint density at radius 3 is 2.75 bits per heavy atom. The third-order valence-corrected chi connectivity index (χ3v) is 1.47. The van der Waals surface area contributed by atoms with Crippen molar-refractivity contribution in [1.82, 2.24) is 0 Å². The highest BCUT2D eigenvalue weighted by atomic mass is 16.5. The Hall–Kier alpha value is -1.71. The molecular weight excluding hydrogens is 158 g/mol. The average molecular weight is 166 g/mol. The third-order valence-electron chi connectivity index (χ3n) is 1.47. The highest BCUT2D eigenvalue weighted by molar-refractivity contribution is 5.87. The van der Waals surface area contributed by atoms with Gasteiger partial charge in [0.05, 0.1) is 18.8 Å². The van der Waals surface area contributed by atoms with Crippen molar-refractivity contribution < 1.29 is 14.6 Å². The molecule has 0 unspecified atom stereocenters. The van der Waals surface area contributed by atoms with Gasteiger partial charge in [-0.05, 0) is 12.1 Å². The van der Waals surface area contributed by atoms with Crippen molar-refractivity contribution in [2.45, 2.75) is 0 Å². The van der Waals surface area contributed by atoms with Crippen LogP contribution in [0.15, 0.2) is 18.2 Å². The van der Waals surface area contributed by atoms with E-state index in [0.717, 1.165) is 0 Å². The van der Waals surface area contributed by atoms with E-state index in [4.69, 9.17) is 10.5 Å². The van der Waals surface area contributed by atoms with E-state index >= 15 is 0 Å². The zero-order valence-corrected chi connectivity index (χ0v) is 6.53. The highest BCUT2D eigenvalue weighted by Gasteiger charge is 2.00. The van der Waals surface area contributed by atoms with Crippen LogP contribution in [-0.2, 0) is 0 Å². The Labute approximate surface area is 69.6 Å². The molecule has 0 heterocycles. The lowest BCUT2D eigenvalue weighted by Crippen LogP contribution is -2.22. The fraction of sp³-hybridized carbons (Fsp3) is 0.125. The van der Waals surface area contributed by atoms with Gasteiger partial charge in [-0.15, -0.1) is 0 Å². The van der Waals surface area contributed by atoms with Crippen LogP contribution in [0.1, 0.15) is 10.4 Å². The van der Waals surface area contributed by atoms with Crippen LogP contribution in [0.4, 0.5) is 5.69 Å². The van der Waals surface area contributed by atoms with Gasteiger partial charge in [-0.2, -0.15) is 0 Å². The number of anilines is 1. The lowest BCUT2D eigenvalue weighted by atomic mass is 10.2. The van der Waals surface area contributed by atoms with Crippen LogP contribution in [0.3, 0.4) is 0 Å². The van der Waals surface area contributed by atoms with E-state index in [-0.39, 0.29) is 5.56 Å². The molecule has 0 saturated carbocycles. The molecule has 0 fully saturated rings. The van der Waals surface area contributed by atoms with Crippen LogP contribution >= 0.6 is 0 Å². The zero-order chi connectivity index (χ0) is 9.14. The molecule has 0 radical (unpaired) electrons. The Morgan fingerprint density at radius 1 is 1.58 bits per heavy atom. The quantitative estimate of drug-likeness (QED) is 0.609. The number of aromatic carboxylic acids is 1. The molecule has 0 atom stereocenters. The largest absolute Gasteiger partial charge is 0.545 e. The zero-order valence-electron chi connectivity index (χ0n) is 6.53. The summed E-state index contributed by atoms with van der Waals surface area (Å²) in [5.41, 5.74) is 5.92. The van der Waals surface area contributed by atoms with E-state index in [0.29, 0.717) is 11.4 Å². The van der Waals surface area contributed by atoms with Crippen molar-refractivity contribution in [2.24, 2.45) is 0 Å². The molecule has 1 aromatic rings. The van der Waals surface area contributed by atoms with E-state index in [1.807, 2.05) is 0 Å². The number of hydrogen-bond donors (Lipinski definition) is 1. The maximum absolute atomic E-state index is 10.4. The number of hydrogen-bond acceptors (Lipinski definition) is 4. The molecule has 0 bridgehead atoms. The summed E-state index contributed by atoms with van der Waals surface area (Å²) in [6, 6.07) is 4.15. The van der Waals surface area contributed by atoms with Crippen molar-refractivity contribution in [3.05, 3.63) is 23.8 Å². The monoisotopic (exact) mass is 166 g/mol. The molecule has 2 N–H and O–H groups in total. The predicted molar refractivity (Wildman–Crippen MR) is 41.7 cm³/mol. The second kappa shape index (κ2) is 3.13. The van der Waals surface area contributed by atoms with Crippen molar-refractivity contribution in [3.63, 3.8) is 0 Å². The third kappa shape index (κ3) is 1.47. The number of methoxy groups -OCH3 is 1. The molecule has 0 aliphatic rings. The fourth-order valence-electron chi connectivity index (χ4n) is 0.838. The van der Waals surface area contributed by atoms with Crippen molar-refractivity contribution in [2.75, 3.05) is 12.8 Å². The number of nitrogen functional groups attached to an aromatic ring is 1. The molecule has 0 amide bonds. The molecule has 0 aliphatic carbocycles. The molecule has 12 heavy (non-hydrogen) atoms. The van der Waals surface area contributed by atoms with Gasteiger partial charge in [0, 0.05) is 5.56 Å². The first-order valence-corrected chi connectivity index (χ1v) is 3.30. The molecule has 4 heteroatoms. The van der Waals surface area contributed by atoms with E-state index < -0.39 is 5.97 Å². The van der Waals surface area contributed by atoms with Gasteiger partial charge >= 0.3 is 0 Å². The number of rotatable bonds is 2. The van der Waals surface area contributed by atoms with Crippen LogP contribution in [0, 0.1) is 0 Å². The summed E-state index contributed by atoms with van der Waals surface area (Å²) in [6.45, 7) is 0. The second-order valence-electron chi connectivity index (χ2n) is 2.24. The Kier molecular flexibility index (Phi) is 2.19. The van der Waals surface area contributed by atoms with Crippen LogP contribution in [0.2, 0.25) is 0 Å². The van der Waals surface area contributed by atoms with Gasteiger partial charge in [0.25, 0.3) is 0 Å². The summed E-state index contributed by atoms with van der Waals surface area (Å²) in [4.78, 5) is 10.4. The van der Waals surface area contributed by atoms with Gasteiger partial charge in [0.1, 0.15) is 5.75 Å². The lowest BCUT2D eigenvalue weighted by molar-refractivity contribution is -0.255. The Balaban J connectivity index is 3.13. The van der Waals surface area contributed by atoms with E-state index in [1.54, 1.807) is 0 Å². The highest BCUT2D eigenvalue weighted by Crippen LogP contribution is 2.21. The molecule has 4 nitrogen and oxygen atoms in total. The van der Waals surface area contributed by atoms with Gasteiger partial charge in [-0.25, -0.2) is 0 Å². The van der Waals surface area contributed by atoms with Crippen LogP contribution in [-0.4, -0.2) is 13.1 Å². The predicted octanol–water partition coefficient (Wildman–Crippen LogP) is -0.359. The molecule has 0 aliphatic heterocycles. The number of nitrogens with two attached hydrogens (primary N) is 1. The fourth-order valence-corrected chi connectivity index (χ4v) is 0.838. The molecule has 0 spiro atoms. The first kappa shape index (κ1) is 8.39. The summed E-state index contributed by atoms with van der Waals surface area (Å²) < 4.78 is 4.82. The van der Waals surface area contributed by atoms with Gasteiger partial charge in [0.2, 0.25) is 0 Å². The number of carboxylic acids is 1. The number of carboxylic acid groups (broad SMARTS) is 1. The molecule has 64 valence electrons. The van der Waals surface area contributed by atoms with Crippen LogP contribution < -0.4 is 15.6 Å². The van der Waals surface area contributed by atoms with Gasteiger partial charge in [0.15, 0.2) is 0 Å². The molecule has 0 aromatic heterocycles. The summed E-state index contributed by atoms with van der Waals surface area (Å²) >= 11 is 0. The van der Waals surface area contributed by atoms with Gasteiger partial charge in [-0.3, -0.25) is 0 Å². The Morgan fingerprint density at radius 2 is 2.25 bits per heavy atom. The lowest BCUT2D eigenvalue weighted by Gasteiger charge is -2.07. The van der Waals surface area contributed by atoms with Gasteiger partial charge < -0.3 is 20.4 Å². The van der Waals surface area contributed by atoms with E-state index in [2.05, 4.69) is 0 Å². The van der Waals surface area contributed by atoms with E-state index in [1.165, 1.54) is 25.3 Å². The van der Waals surface area contributed by atoms with Crippen molar-refractivity contribution in [1.29, 1.82) is 0 Å². The minimum Gasteiger partial charge on any atom is -0.545 e.